The van der Waals surface area contributed by atoms with E-state index in [4.69, 9.17) is 16.3 Å². The summed E-state index contributed by atoms with van der Waals surface area (Å²) >= 11 is 7.11. The summed E-state index contributed by atoms with van der Waals surface area (Å²) in [6.07, 6.45) is 1.57. The molecule has 0 saturated carbocycles. The van der Waals surface area contributed by atoms with Gasteiger partial charge in [0.2, 0.25) is 5.91 Å². The predicted molar refractivity (Wildman–Crippen MR) is 170 cm³/mol. The molecule has 10 heteroatoms. The average Bonchev–Trinajstić information content (AvgIpc) is 3.01. The van der Waals surface area contributed by atoms with Gasteiger partial charge in [-0.25, -0.2) is 4.39 Å². The number of hydrogen-bond acceptors (Lipinski definition) is 5. The highest BCUT2D eigenvalue weighted by molar-refractivity contribution is 8.00. The van der Waals surface area contributed by atoms with Crippen molar-refractivity contribution in [3.05, 3.63) is 125 Å². The number of rotatable bonds is 11. The average molecular weight is 618 g/mol. The Kier molecular flexibility index (Phi) is 11.0. The molecular formula is C33H29ClFN3O4S. The van der Waals surface area contributed by atoms with E-state index < -0.39 is 22.9 Å². The Morgan fingerprint density at radius 2 is 1.58 bits per heavy atom. The first-order valence-electron chi connectivity index (χ1n) is 13.4. The number of amides is 3. The normalized spacial score (nSPS) is 11.8. The molecule has 3 N–H and O–H groups in total. The Morgan fingerprint density at radius 3 is 2.28 bits per heavy atom. The van der Waals surface area contributed by atoms with Crippen LogP contribution < -0.4 is 20.7 Å². The van der Waals surface area contributed by atoms with Gasteiger partial charge in [-0.15, -0.1) is 11.8 Å². The fraction of sp³-hybridized carbons (Fsp3) is 0.121. The quantitative estimate of drug-likeness (QED) is 0.120. The van der Waals surface area contributed by atoms with E-state index in [9.17, 15) is 18.8 Å². The van der Waals surface area contributed by atoms with E-state index in [1.807, 2.05) is 19.1 Å². The SMILES string of the molecule is CCOc1ccccc1/C=C(\NC(=O)c1ccccc1)C(=O)Nc1ccc(SC(C)C(=O)Nc2ccc(F)c(Cl)c2)cc1. The van der Waals surface area contributed by atoms with Gasteiger partial charge in [0, 0.05) is 27.4 Å². The van der Waals surface area contributed by atoms with Crippen molar-refractivity contribution in [1.82, 2.24) is 5.32 Å². The number of hydrogen-bond donors (Lipinski definition) is 3. The highest BCUT2D eigenvalue weighted by atomic mass is 35.5. The number of ether oxygens (including phenoxy) is 1. The molecule has 0 fully saturated rings. The second-order valence-electron chi connectivity index (χ2n) is 9.21. The van der Waals surface area contributed by atoms with Crippen molar-refractivity contribution in [3.63, 3.8) is 0 Å². The van der Waals surface area contributed by atoms with Crippen LogP contribution in [0.15, 0.2) is 108 Å². The van der Waals surface area contributed by atoms with Gasteiger partial charge in [0.05, 0.1) is 16.9 Å². The first-order valence-corrected chi connectivity index (χ1v) is 14.6. The fourth-order valence-corrected chi connectivity index (χ4v) is 4.92. The minimum Gasteiger partial charge on any atom is -0.493 e. The van der Waals surface area contributed by atoms with Crippen molar-refractivity contribution in [1.29, 1.82) is 0 Å². The van der Waals surface area contributed by atoms with Crippen LogP contribution in [0.25, 0.3) is 6.08 Å². The highest BCUT2D eigenvalue weighted by Gasteiger charge is 2.18. The van der Waals surface area contributed by atoms with Gasteiger partial charge in [0.25, 0.3) is 11.8 Å². The summed E-state index contributed by atoms with van der Waals surface area (Å²) < 4.78 is 19.1. The summed E-state index contributed by atoms with van der Waals surface area (Å²) in [5, 5.41) is 7.72. The van der Waals surface area contributed by atoms with Crippen molar-refractivity contribution in [2.75, 3.05) is 17.2 Å². The standard InChI is InChI=1S/C33H29ClFN3O4S/c1-3-42-30-12-8-7-11-23(30)19-29(38-32(40)22-9-5-4-6-10-22)33(41)36-24-13-16-26(17-14-24)43-21(2)31(39)37-25-15-18-28(35)27(34)20-25/h4-21H,3H2,1-2H3,(H,36,41)(H,37,39)(H,38,40)/b29-19-. The maximum Gasteiger partial charge on any atom is 0.272 e. The fourth-order valence-electron chi connectivity index (χ4n) is 3.88. The smallest absolute Gasteiger partial charge is 0.272 e. The minimum atomic E-state index is -0.564. The van der Waals surface area contributed by atoms with E-state index in [1.54, 1.807) is 79.7 Å². The van der Waals surface area contributed by atoms with Crippen LogP contribution in [0.4, 0.5) is 15.8 Å². The maximum absolute atomic E-state index is 13.4. The molecule has 0 heterocycles. The Labute approximate surface area is 258 Å². The van der Waals surface area contributed by atoms with Crippen molar-refractivity contribution in [2.24, 2.45) is 0 Å². The van der Waals surface area contributed by atoms with E-state index in [0.717, 1.165) is 4.90 Å². The zero-order valence-corrected chi connectivity index (χ0v) is 25.0. The molecule has 0 saturated heterocycles. The Balaban J connectivity index is 1.46. The summed E-state index contributed by atoms with van der Waals surface area (Å²) in [5.74, 6) is -1.22. The summed E-state index contributed by atoms with van der Waals surface area (Å²) in [4.78, 5) is 39.8. The van der Waals surface area contributed by atoms with Gasteiger partial charge < -0.3 is 20.7 Å². The van der Waals surface area contributed by atoms with Gasteiger partial charge in [0.1, 0.15) is 17.3 Å². The summed E-state index contributed by atoms with van der Waals surface area (Å²) in [6.45, 7) is 4.05. The number of benzene rings is 4. The van der Waals surface area contributed by atoms with E-state index in [1.165, 1.54) is 30.0 Å². The van der Waals surface area contributed by atoms with Crippen molar-refractivity contribution >= 4 is 58.5 Å². The third-order valence-corrected chi connectivity index (χ3v) is 7.43. The van der Waals surface area contributed by atoms with Gasteiger partial charge in [-0.1, -0.05) is 48.0 Å². The van der Waals surface area contributed by atoms with E-state index in [0.29, 0.717) is 34.9 Å². The summed E-state index contributed by atoms with van der Waals surface area (Å²) in [7, 11) is 0. The van der Waals surface area contributed by atoms with Crippen LogP contribution in [0.2, 0.25) is 5.02 Å². The zero-order chi connectivity index (χ0) is 30.8. The van der Waals surface area contributed by atoms with Crippen LogP contribution in [0.1, 0.15) is 29.8 Å². The van der Waals surface area contributed by atoms with Gasteiger partial charge in [0.15, 0.2) is 0 Å². The predicted octanol–water partition coefficient (Wildman–Crippen LogP) is 7.41. The molecule has 0 aliphatic rings. The van der Waals surface area contributed by atoms with E-state index in [-0.39, 0.29) is 16.6 Å². The van der Waals surface area contributed by atoms with Crippen LogP contribution >= 0.6 is 23.4 Å². The molecule has 4 aromatic rings. The number of thioether (sulfide) groups is 1. The molecular weight excluding hydrogens is 589 g/mol. The second kappa shape index (κ2) is 15.0. The van der Waals surface area contributed by atoms with Crippen LogP contribution in [-0.2, 0) is 9.59 Å². The molecule has 1 atom stereocenters. The highest BCUT2D eigenvalue weighted by Crippen LogP contribution is 2.27. The first kappa shape index (κ1) is 31.3. The molecule has 0 aliphatic carbocycles. The molecule has 43 heavy (non-hydrogen) atoms. The number of carbonyl (C=O) groups is 3. The molecule has 1 unspecified atom stereocenters. The monoisotopic (exact) mass is 617 g/mol. The third kappa shape index (κ3) is 8.94. The Morgan fingerprint density at radius 1 is 0.907 bits per heavy atom. The van der Waals surface area contributed by atoms with Crippen LogP contribution in [0, 0.1) is 5.82 Å². The van der Waals surface area contributed by atoms with Gasteiger partial charge in [-0.3, -0.25) is 14.4 Å². The van der Waals surface area contributed by atoms with E-state index >= 15 is 0 Å². The van der Waals surface area contributed by atoms with Gasteiger partial charge in [-0.2, -0.15) is 0 Å². The van der Waals surface area contributed by atoms with E-state index in [2.05, 4.69) is 16.0 Å². The van der Waals surface area contributed by atoms with Crippen LogP contribution in [0.5, 0.6) is 5.75 Å². The molecule has 4 aromatic carbocycles. The largest absolute Gasteiger partial charge is 0.493 e. The van der Waals surface area contributed by atoms with Crippen molar-refractivity contribution in [2.45, 2.75) is 24.0 Å². The number of carbonyl (C=O) groups excluding carboxylic acids is 3. The lowest BCUT2D eigenvalue weighted by atomic mass is 10.1. The lowest BCUT2D eigenvalue weighted by molar-refractivity contribution is -0.115. The number of anilines is 2. The van der Waals surface area contributed by atoms with Crippen LogP contribution in [0.3, 0.4) is 0 Å². The van der Waals surface area contributed by atoms with Gasteiger partial charge in [-0.05, 0) is 80.6 Å². The summed E-state index contributed by atoms with van der Waals surface area (Å²) in [5.41, 5.74) is 1.95. The van der Waals surface area contributed by atoms with Crippen molar-refractivity contribution in [3.8, 4) is 5.75 Å². The first-order chi connectivity index (χ1) is 20.7. The Bertz CT molecular complexity index is 1630. The molecule has 3 amide bonds. The number of nitrogens with one attached hydrogen (secondary N) is 3. The minimum absolute atomic E-state index is 0.0330. The molecule has 0 aromatic heterocycles. The molecule has 4 rings (SSSR count). The Hall–Kier alpha value is -4.60. The molecule has 0 radical (unpaired) electrons. The lowest BCUT2D eigenvalue weighted by Gasteiger charge is -2.14. The molecule has 0 spiro atoms. The number of para-hydroxylation sites is 1. The second-order valence-corrected chi connectivity index (χ2v) is 11.0. The molecule has 7 nitrogen and oxygen atoms in total. The lowest BCUT2D eigenvalue weighted by Crippen LogP contribution is -2.30. The number of halogens is 2. The summed E-state index contributed by atoms with van der Waals surface area (Å²) in [6, 6.07) is 26.8. The molecule has 220 valence electrons. The van der Waals surface area contributed by atoms with Gasteiger partial charge >= 0.3 is 0 Å². The zero-order valence-electron chi connectivity index (χ0n) is 23.4. The molecule has 0 bridgehead atoms. The van der Waals surface area contributed by atoms with Crippen LogP contribution in [-0.4, -0.2) is 29.6 Å². The molecule has 0 aliphatic heterocycles. The van der Waals surface area contributed by atoms with Crippen molar-refractivity contribution < 1.29 is 23.5 Å². The third-order valence-electron chi connectivity index (χ3n) is 6.03. The maximum atomic E-state index is 13.4. The topological polar surface area (TPSA) is 96.5 Å².